The third-order valence-electron chi connectivity index (χ3n) is 4.14. The number of imidazole rings is 1. The first-order valence-corrected chi connectivity index (χ1v) is 8.22. The number of anilines is 1. The number of nitrogens with one attached hydrogen (secondary N) is 1. The second-order valence-electron chi connectivity index (χ2n) is 5.68. The molecule has 0 radical (unpaired) electrons. The molecule has 0 bridgehead atoms. The third kappa shape index (κ3) is 3.25. The summed E-state index contributed by atoms with van der Waals surface area (Å²) >= 11 is 6.09. The number of H-pyrrole nitrogens is 1. The fourth-order valence-corrected chi connectivity index (χ4v) is 3.11. The predicted octanol–water partition coefficient (Wildman–Crippen LogP) is 0.675. The van der Waals surface area contributed by atoms with Gasteiger partial charge >= 0.3 is 0 Å². The first-order valence-electron chi connectivity index (χ1n) is 7.84. The van der Waals surface area contributed by atoms with Gasteiger partial charge in [-0.25, -0.2) is 4.98 Å². The van der Waals surface area contributed by atoms with Crippen LogP contribution in [0.2, 0.25) is 5.28 Å². The van der Waals surface area contributed by atoms with Gasteiger partial charge in [-0.05, 0) is 11.6 Å². The predicted molar refractivity (Wildman–Crippen MR) is 85.8 cm³/mol. The number of aromatic nitrogens is 4. The second-order valence-corrected chi connectivity index (χ2v) is 6.02. The van der Waals surface area contributed by atoms with Crippen molar-refractivity contribution in [3.63, 3.8) is 0 Å². The average molecular weight is 339 g/mol. The Morgan fingerprint density at radius 3 is 2.39 bits per heavy atom. The minimum Gasteiger partial charge on any atom is -0.379 e. The molecule has 0 saturated carbocycles. The van der Waals surface area contributed by atoms with Crippen LogP contribution in [-0.4, -0.2) is 77.4 Å². The molecule has 23 heavy (non-hydrogen) atoms. The zero-order valence-electron chi connectivity index (χ0n) is 12.8. The SMILES string of the molecule is Clc1nc(N2CCOCC2)c2nc(CN3CCOCC3)[nH]c2n1. The van der Waals surface area contributed by atoms with Crippen molar-refractivity contribution >= 4 is 28.6 Å². The van der Waals surface area contributed by atoms with Gasteiger partial charge in [0.25, 0.3) is 0 Å². The van der Waals surface area contributed by atoms with Crippen LogP contribution < -0.4 is 4.90 Å². The Morgan fingerprint density at radius 2 is 1.65 bits per heavy atom. The summed E-state index contributed by atoms with van der Waals surface area (Å²) in [7, 11) is 0. The molecule has 124 valence electrons. The maximum absolute atomic E-state index is 6.09. The summed E-state index contributed by atoms with van der Waals surface area (Å²) in [6, 6.07) is 0. The van der Waals surface area contributed by atoms with Gasteiger partial charge in [0.05, 0.1) is 33.0 Å². The molecule has 4 heterocycles. The summed E-state index contributed by atoms with van der Waals surface area (Å²) in [5.74, 6) is 1.67. The quantitative estimate of drug-likeness (QED) is 0.824. The number of hydrogen-bond donors (Lipinski definition) is 1. The van der Waals surface area contributed by atoms with Crippen LogP contribution in [0.25, 0.3) is 11.2 Å². The van der Waals surface area contributed by atoms with Crippen molar-refractivity contribution in [1.29, 1.82) is 0 Å². The number of rotatable bonds is 3. The molecule has 2 aliphatic rings. The molecule has 0 aliphatic carbocycles. The molecule has 1 N–H and O–H groups in total. The Morgan fingerprint density at radius 1 is 0.957 bits per heavy atom. The molecular weight excluding hydrogens is 320 g/mol. The van der Waals surface area contributed by atoms with Crippen LogP contribution in [0.4, 0.5) is 5.82 Å². The summed E-state index contributed by atoms with van der Waals surface area (Å²) in [5.41, 5.74) is 1.47. The van der Waals surface area contributed by atoms with Gasteiger partial charge < -0.3 is 19.4 Å². The number of aromatic amines is 1. The van der Waals surface area contributed by atoms with Crippen molar-refractivity contribution in [2.75, 3.05) is 57.5 Å². The van der Waals surface area contributed by atoms with Crippen molar-refractivity contribution in [3.05, 3.63) is 11.1 Å². The van der Waals surface area contributed by atoms with E-state index in [9.17, 15) is 0 Å². The zero-order valence-corrected chi connectivity index (χ0v) is 13.6. The largest absolute Gasteiger partial charge is 0.379 e. The van der Waals surface area contributed by atoms with Crippen molar-refractivity contribution < 1.29 is 9.47 Å². The van der Waals surface area contributed by atoms with E-state index in [0.717, 1.165) is 63.1 Å². The fraction of sp³-hybridized carbons (Fsp3) is 0.643. The molecular formula is C14H19ClN6O2. The Labute approximate surface area is 138 Å². The van der Waals surface area contributed by atoms with Crippen LogP contribution in [0.5, 0.6) is 0 Å². The van der Waals surface area contributed by atoms with Gasteiger partial charge in [-0.1, -0.05) is 0 Å². The minimum absolute atomic E-state index is 0.237. The fourth-order valence-electron chi connectivity index (χ4n) is 2.95. The molecule has 0 unspecified atom stereocenters. The van der Waals surface area contributed by atoms with Crippen molar-refractivity contribution in [2.24, 2.45) is 0 Å². The highest BCUT2D eigenvalue weighted by Gasteiger charge is 2.21. The maximum Gasteiger partial charge on any atom is 0.226 e. The molecule has 0 amide bonds. The van der Waals surface area contributed by atoms with Crippen LogP contribution in [0.1, 0.15) is 5.82 Å². The van der Waals surface area contributed by atoms with E-state index in [2.05, 4.69) is 24.8 Å². The minimum atomic E-state index is 0.237. The van der Waals surface area contributed by atoms with Crippen molar-refractivity contribution in [3.8, 4) is 0 Å². The second kappa shape index (κ2) is 6.56. The molecule has 9 heteroatoms. The topological polar surface area (TPSA) is 79.4 Å². The number of nitrogens with zero attached hydrogens (tertiary/aromatic N) is 5. The van der Waals surface area contributed by atoms with E-state index < -0.39 is 0 Å². The maximum atomic E-state index is 6.09. The number of hydrogen-bond acceptors (Lipinski definition) is 7. The highest BCUT2D eigenvalue weighted by atomic mass is 35.5. The van der Waals surface area contributed by atoms with Crippen LogP contribution >= 0.6 is 11.6 Å². The number of ether oxygens (including phenoxy) is 2. The smallest absolute Gasteiger partial charge is 0.226 e. The first kappa shape index (κ1) is 15.1. The lowest BCUT2D eigenvalue weighted by atomic mass is 10.4. The Bertz CT molecular complexity index is 681. The zero-order chi connectivity index (χ0) is 15.6. The molecule has 0 aromatic carbocycles. The Kier molecular flexibility index (Phi) is 4.30. The third-order valence-corrected chi connectivity index (χ3v) is 4.30. The van der Waals surface area contributed by atoms with Crippen molar-refractivity contribution in [2.45, 2.75) is 6.54 Å². The van der Waals surface area contributed by atoms with Gasteiger partial charge in [0.15, 0.2) is 17.0 Å². The van der Waals surface area contributed by atoms with Crippen LogP contribution in [0.15, 0.2) is 0 Å². The van der Waals surface area contributed by atoms with E-state index in [1.54, 1.807) is 0 Å². The summed E-state index contributed by atoms with van der Waals surface area (Å²) in [6.07, 6.45) is 0. The van der Waals surface area contributed by atoms with Gasteiger partial charge in [-0.2, -0.15) is 9.97 Å². The summed E-state index contributed by atoms with van der Waals surface area (Å²) < 4.78 is 10.8. The molecule has 2 aromatic heterocycles. The monoisotopic (exact) mass is 338 g/mol. The van der Waals surface area contributed by atoms with Gasteiger partial charge in [-0.15, -0.1) is 0 Å². The van der Waals surface area contributed by atoms with E-state index in [4.69, 9.17) is 26.1 Å². The lowest BCUT2D eigenvalue weighted by Crippen LogP contribution is -2.37. The summed E-state index contributed by atoms with van der Waals surface area (Å²) in [5, 5.41) is 0.237. The standard InChI is InChI=1S/C14H19ClN6O2/c15-14-18-12-11(13(19-14)21-3-7-23-8-4-21)16-10(17-12)9-20-1-5-22-6-2-20/h1-9H2,(H,16,17,18,19). The molecule has 2 saturated heterocycles. The van der Waals surface area contributed by atoms with Gasteiger partial charge in [-0.3, -0.25) is 4.90 Å². The van der Waals surface area contributed by atoms with Crippen LogP contribution in [0, 0.1) is 0 Å². The van der Waals surface area contributed by atoms with Gasteiger partial charge in [0.2, 0.25) is 5.28 Å². The molecule has 0 spiro atoms. The molecule has 2 aliphatic heterocycles. The lowest BCUT2D eigenvalue weighted by Gasteiger charge is -2.27. The van der Waals surface area contributed by atoms with Gasteiger partial charge in [0, 0.05) is 26.2 Å². The first-order chi connectivity index (χ1) is 11.3. The number of fused-ring (bicyclic) bond motifs is 1. The Balaban J connectivity index is 1.63. The molecule has 4 rings (SSSR count). The van der Waals surface area contributed by atoms with E-state index >= 15 is 0 Å². The van der Waals surface area contributed by atoms with E-state index in [1.807, 2.05) is 0 Å². The highest BCUT2D eigenvalue weighted by Crippen LogP contribution is 2.25. The Hall–Kier alpha value is -1.48. The van der Waals surface area contributed by atoms with E-state index in [-0.39, 0.29) is 5.28 Å². The highest BCUT2D eigenvalue weighted by molar-refractivity contribution is 6.28. The lowest BCUT2D eigenvalue weighted by molar-refractivity contribution is 0.0332. The number of halogens is 1. The normalized spacial score (nSPS) is 20.3. The van der Waals surface area contributed by atoms with Gasteiger partial charge in [0.1, 0.15) is 5.82 Å². The molecule has 0 atom stereocenters. The summed E-state index contributed by atoms with van der Waals surface area (Å²) in [4.78, 5) is 21.1. The molecule has 2 aromatic rings. The van der Waals surface area contributed by atoms with E-state index in [0.29, 0.717) is 18.9 Å². The number of morpholine rings is 2. The van der Waals surface area contributed by atoms with Crippen LogP contribution in [-0.2, 0) is 16.0 Å². The van der Waals surface area contributed by atoms with Crippen molar-refractivity contribution in [1.82, 2.24) is 24.8 Å². The molecule has 8 nitrogen and oxygen atoms in total. The van der Waals surface area contributed by atoms with Crippen LogP contribution in [0.3, 0.4) is 0 Å². The summed E-state index contributed by atoms with van der Waals surface area (Å²) in [6.45, 7) is 7.07. The average Bonchev–Trinajstić information content (AvgIpc) is 2.98. The van der Waals surface area contributed by atoms with E-state index in [1.165, 1.54) is 0 Å². The molecule has 2 fully saturated rings.